The van der Waals surface area contributed by atoms with Crippen LogP contribution in [0.1, 0.15) is 113 Å². The molecule has 9 atom stereocenters. The molecule has 0 aliphatic heterocycles. The monoisotopic (exact) mass is 499 g/mol. The van der Waals surface area contributed by atoms with E-state index in [1.165, 1.54) is 44.9 Å². The molecule has 1 amide bonds. The van der Waals surface area contributed by atoms with Crippen molar-refractivity contribution in [3.63, 3.8) is 0 Å². The van der Waals surface area contributed by atoms with Crippen molar-refractivity contribution in [2.45, 2.75) is 125 Å². The fourth-order valence-electron chi connectivity index (χ4n) is 11.7. The minimum atomic E-state index is -0.621. The number of fused-ring (bicyclic) bond motifs is 6. The molecule has 0 spiro atoms. The zero-order chi connectivity index (χ0) is 26.3. The summed E-state index contributed by atoms with van der Waals surface area (Å²) >= 11 is 0. The molecule has 0 heterocycles. The number of nitrogens with two attached hydrogens (primary N) is 1. The van der Waals surface area contributed by atoms with Crippen LogP contribution in [0.2, 0.25) is 0 Å². The first-order valence-corrected chi connectivity index (χ1v) is 14.9. The standard InChI is InChI=1S/C32H53NO3/c1-28(2)23-13-16-30(5)19-20-9-11-22-29(3,4)26(36-27(33)34)15-17-31(22,6)21(20)10-12-24(30)32(23,7)18-14-25(28)35-8/h9,21-26H,10-19H2,1-8H3,(H2,33,34)/t21-,22-,23-,24-,25-,26+,30-,31+,32-/m0/s1. The number of ether oxygens (including phenoxy) is 2. The van der Waals surface area contributed by atoms with Crippen molar-refractivity contribution in [2.24, 2.45) is 56.5 Å². The number of hydrogen-bond donors (Lipinski definition) is 1. The van der Waals surface area contributed by atoms with Crippen LogP contribution in [0, 0.1) is 50.7 Å². The normalized spacial score (nSPS) is 49.3. The number of primary amides is 1. The Morgan fingerprint density at radius 3 is 2.11 bits per heavy atom. The number of amides is 1. The van der Waals surface area contributed by atoms with Gasteiger partial charge < -0.3 is 15.2 Å². The Labute approximate surface area is 220 Å². The number of methoxy groups -OCH3 is 1. The van der Waals surface area contributed by atoms with Gasteiger partial charge in [-0.05, 0) is 110 Å². The van der Waals surface area contributed by atoms with E-state index in [9.17, 15) is 4.79 Å². The van der Waals surface area contributed by atoms with Crippen LogP contribution in [0.3, 0.4) is 0 Å². The van der Waals surface area contributed by atoms with Gasteiger partial charge >= 0.3 is 6.09 Å². The summed E-state index contributed by atoms with van der Waals surface area (Å²) in [5.41, 5.74) is 8.47. The minimum Gasteiger partial charge on any atom is -0.446 e. The zero-order valence-corrected chi connectivity index (χ0v) is 24.4. The van der Waals surface area contributed by atoms with Crippen LogP contribution in [0.25, 0.3) is 0 Å². The van der Waals surface area contributed by atoms with Crippen molar-refractivity contribution in [2.75, 3.05) is 7.11 Å². The Bertz CT molecular complexity index is 922. The first kappa shape index (κ1) is 26.6. The number of hydrogen-bond acceptors (Lipinski definition) is 3. The summed E-state index contributed by atoms with van der Waals surface area (Å²) in [6.45, 7) is 17.5. The van der Waals surface area contributed by atoms with E-state index in [1.807, 2.05) is 7.11 Å². The van der Waals surface area contributed by atoms with Crippen molar-refractivity contribution in [3.8, 4) is 0 Å². The van der Waals surface area contributed by atoms with E-state index in [0.29, 0.717) is 28.8 Å². The maximum absolute atomic E-state index is 11.7. The molecule has 4 heteroatoms. The Morgan fingerprint density at radius 2 is 1.44 bits per heavy atom. The number of carbonyl (C=O) groups excluding carboxylic acids is 1. The first-order valence-electron chi connectivity index (χ1n) is 14.9. The second-order valence-electron chi connectivity index (χ2n) is 15.6. The van der Waals surface area contributed by atoms with Gasteiger partial charge in [-0.3, -0.25) is 0 Å². The van der Waals surface area contributed by atoms with Crippen molar-refractivity contribution in [1.82, 2.24) is 0 Å². The fourth-order valence-corrected chi connectivity index (χ4v) is 11.7. The molecule has 4 fully saturated rings. The molecule has 0 bridgehead atoms. The molecule has 0 aromatic rings. The second kappa shape index (κ2) is 8.48. The Balaban J connectivity index is 1.46. The molecule has 0 radical (unpaired) electrons. The van der Waals surface area contributed by atoms with Crippen molar-refractivity contribution in [3.05, 3.63) is 11.6 Å². The van der Waals surface area contributed by atoms with E-state index in [4.69, 9.17) is 15.2 Å². The van der Waals surface area contributed by atoms with Crippen molar-refractivity contribution < 1.29 is 14.3 Å². The first-order chi connectivity index (χ1) is 16.7. The van der Waals surface area contributed by atoms with Crippen LogP contribution >= 0.6 is 0 Å². The van der Waals surface area contributed by atoms with Crippen LogP contribution < -0.4 is 5.73 Å². The van der Waals surface area contributed by atoms with Gasteiger partial charge in [0.25, 0.3) is 0 Å². The lowest BCUT2D eigenvalue weighted by Crippen LogP contribution is -2.58. The highest BCUT2D eigenvalue weighted by molar-refractivity contribution is 5.65. The summed E-state index contributed by atoms with van der Waals surface area (Å²) in [7, 11) is 1.92. The third-order valence-electron chi connectivity index (χ3n) is 13.3. The molecule has 5 aliphatic rings. The van der Waals surface area contributed by atoms with Gasteiger partial charge in [-0.15, -0.1) is 0 Å². The summed E-state index contributed by atoms with van der Waals surface area (Å²) in [6, 6.07) is 0. The van der Waals surface area contributed by atoms with Crippen LogP contribution in [-0.2, 0) is 9.47 Å². The highest BCUT2D eigenvalue weighted by Gasteiger charge is 2.63. The predicted octanol–water partition coefficient (Wildman–Crippen LogP) is 7.90. The molecule has 0 aromatic heterocycles. The molecule has 0 saturated heterocycles. The van der Waals surface area contributed by atoms with Gasteiger partial charge in [0.2, 0.25) is 0 Å². The number of allylic oxidation sites excluding steroid dienone is 2. The summed E-state index contributed by atoms with van der Waals surface area (Å²) in [5, 5.41) is 0. The molecular weight excluding hydrogens is 446 g/mol. The van der Waals surface area contributed by atoms with Gasteiger partial charge in [0.05, 0.1) is 6.10 Å². The van der Waals surface area contributed by atoms with Crippen molar-refractivity contribution >= 4 is 6.09 Å². The Kier molecular flexibility index (Phi) is 6.26. The Hall–Kier alpha value is -1.03. The molecule has 5 aliphatic carbocycles. The molecule has 204 valence electrons. The smallest absolute Gasteiger partial charge is 0.404 e. The predicted molar refractivity (Wildman–Crippen MR) is 145 cm³/mol. The molecule has 5 rings (SSSR count). The molecule has 4 nitrogen and oxygen atoms in total. The number of carbonyl (C=O) groups is 1. The van der Waals surface area contributed by atoms with Gasteiger partial charge in [0.15, 0.2) is 0 Å². The van der Waals surface area contributed by atoms with Gasteiger partial charge in [-0.2, -0.15) is 0 Å². The van der Waals surface area contributed by atoms with Crippen molar-refractivity contribution in [1.29, 1.82) is 0 Å². The van der Waals surface area contributed by atoms with Gasteiger partial charge in [0.1, 0.15) is 6.10 Å². The highest BCUT2D eigenvalue weighted by atomic mass is 16.6. The highest BCUT2D eigenvalue weighted by Crippen LogP contribution is 2.70. The van der Waals surface area contributed by atoms with E-state index in [0.717, 1.165) is 31.1 Å². The summed E-state index contributed by atoms with van der Waals surface area (Å²) in [4.78, 5) is 11.7. The van der Waals surface area contributed by atoms with E-state index >= 15 is 0 Å². The lowest BCUT2D eigenvalue weighted by Gasteiger charge is -2.64. The van der Waals surface area contributed by atoms with E-state index in [1.54, 1.807) is 5.57 Å². The SMILES string of the molecule is CO[C@H]1CC[C@@]2(C)[C@@H](CC[C@@]3(C)CC4=CC[C@H]5C(C)(C)[C@H](OC(N)=O)CC[C@]5(C)[C@H]4CC[C@@H]32)C1(C)C. The fraction of sp³-hybridized carbons (Fsp3) is 0.906. The second-order valence-corrected chi connectivity index (χ2v) is 15.6. The van der Waals surface area contributed by atoms with Gasteiger partial charge in [-0.1, -0.05) is 60.1 Å². The molecular formula is C32H53NO3. The lowest BCUT2D eigenvalue weighted by molar-refractivity contribution is -0.178. The largest absolute Gasteiger partial charge is 0.446 e. The molecule has 0 unspecified atom stereocenters. The topological polar surface area (TPSA) is 61.6 Å². The third kappa shape index (κ3) is 3.66. The van der Waals surface area contributed by atoms with Crippen LogP contribution in [-0.4, -0.2) is 25.4 Å². The van der Waals surface area contributed by atoms with E-state index in [-0.39, 0.29) is 22.3 Å². The van der Waals surface area contributed by atoms with Gasteiger partial charge in [-0.25, -0.2) is 4.79 Å². The average Bonchev–Trinajstić information content (AvgIpc) is 2.92. The zero-order valence-electron chi connectivity index (χ0n) is 24.4. The maximum Gasteiger partial charge on any atom is 0.404 e. The lowest BCUT2D eigenvalue weighted by atomic mass is 9.42. The summed E-state index contributed by atoms with van der Waals surface area (Å²) in [6.07, 6.45) is 14.6. The number of rotatable bonds is 2. The van der Waals surface area contributed by atoms with Crippen LogP contribution in [0.4, 0.5) is 4.79 Å². The molecule has 4 saturated carbocycles. The molecule has 0 aromatic carbocycles. The Morgan fingerprint density at radius 1 is 0.806 bits per heavy atom. The van der Waals surface area contributed by atoms with Gasteiger partial charge in [0, 0.05) is 12.5 Å². The molecule has 2 N–H and O–H groups in total. The van der Waals surface area contributed by atoms with E-state index in [2.05, 4.69) is 54.5 Å². The minimum absolute atomic E-state index is 0.0628. The summed E-state index contributed by atoms with van der Waals surface area (Å²) < 4.78 is 11.7. The van der Waals surface area contributed by atoms with Crippen LogP contribution in [0.5, 0.6) is 0 Å². The molecule has 36 heavy (non-hydrogen) atoms. The third-order valence-corrected chi connectivity index (χ3v) is 13.3. The van der Waals surface area contributed by atoms with Crippen LogP contribution in [0.15, 0.2) is 11.6 Å². The quantitative estimate of drug-likeness (QED) is 0.393. The van der Waals surface area contributed by atoms with E-state index < -0.39 is 6.09 Å². The maximum atomic E-state index is 11.7. The summed E-state index contributed by atoms with van der Waals surface area (Å²) in [5.74, 6) is 2.68. The average molecular weight is 500 g/mol.